The van der Waals surface area contributed by atoms with E-state index in [2.05, 4.69) is 57.8 Å². The lowest BCUT2D eigenvalue weighted by Gasteiger charge is -2.39. The zero-order valence-electron chi connectivity index (χ0n) is 44.3. The van der Waals surface area contributed by atoms with Crippen LogP contribution in [0.3, 0.4) is 0 Å². The van der Waals surface area contributed by atoms with Crippen LogP contribution in [0.15, 0.2) is 48.6 Å². The highest BCUT2D eigenvalue weighted by Gasteiger charge is 2.57. The third-order valence-electron chi connectivity index (χ3n) is 14.4. The molecule has 23 heteroatoms. The van der Waals surface area contributed by atoms with Gasteiger partial charge in [0.1, 0.15) is 59.8 Å². The van der Waals surface area contributed by atoms with Crippen LogP contribution in [-0.2, 0) is 33.6 Å². The van der Waals surface area contributed by atoms with E-state index in [4.69, 9.17) is 0 Å². The molecule has 3 saturated heterocycles. The topological polar surface area (TPSA) is 368 Å². The van der Waals surface area contributed by atoms with Gasteiger partial charge in [0.15, 0.2) is 6.23 Å². The van der Waals surface area contributed by atoms with Crippen molar-refractivity contribution in [3.63, 3.8) is 0 Å². The summed E-state index contributed by atoms with van der Waals surface area (Å²) in [5.74, 6) is -9.05. The van der Waals surface area contributed by atoms with Gasteiger partial charge in [0.05, 0.1) is 24.4 Å². The highest BCUT2D eigenvalue weighted by Crippen LogP contribution is 2.35. The number of rotatable bonds is 20. The van der Waals surface area contributed by atoms with Crippen molar-refractivity contribution in [3.8, 4) is 5.75 Å². The number of phenols is 1. The van der Waals surface area contributed by atoms with Gasteiger partial charge in [-0.2, -0.15) is 0 Å². The molecule has 1 aromatic rings. The van der Waals surface area contributed by atoms with Gasteiger partial charge >= 0.3 is 0 Å². The fraction of sp³-hybridized carbons (Fsp3) is 0.679. The number of phenolic OH excluding ortho intramolecular Hbond substituents is 1. The highest BCUT2D eigenvalue weighted by atomic mass is 16.3. The van der Waals surface area contributed by atoms with Crippen molar-refractivity contribution in [1.29, 1.82) is 0 Å². The first kappa shape index (κ1) is 63.0. The summed E-state index contributed by atoms with van der Waals surface area (Å²) >= 11 is 0. The number of amides is 7. The highest BCUT2D eigenvalue weighted by molar-refractivity contribution is 5.99. The standard InChI is InChI=1S/C53H83N7O16/c1-6-7-8-9-10-11-12-13-14-15-16-17-18-19-20-21-39(66)54-36-27-38(65)48(72)58-52(76)53(5)45(69)30(2)28-60(53)51(75)41(32(4)62)56-49(73)42(44(68)43(67)33-22-24-34(63)25-23-33)57-47(71)37-26-35(64)29-59(37)50(74)40(31(3)61)55-46(36)70/h10-11,13-14,22-25,30-32,35-38,40-45,48,61-65,67-69,72H,6-9,12,15-21,26-29H2,1-5H3,(H,54,66)(H,55,70)(H,56,73)(H,57,71)(H,58,76). The van der Waals surface area contributed by atoms with Crippen LogP contribution in [0.4, 0.5) is 0 Å². The molecule has 0 spiro atoms. The Morgan fingerprint density at radius 3 is 1.91 bits per heavy atom. The number of unbranched alkanes of at least 4 members (excludes halogenated alkanes) is 8. The first-order valence-electron chi connectivity index (χ1n) is 26.6. The van der Waals surface area contributed by atoms with Crippen LogP contribution in [0.2, 0.25) is 0 Å². The van der Waals surface area contributed by atoms with Gasteiger partial charge in [0.25, 0.3) is 0 Å². The number of aromatic hydroxyl groups is 1. The lowest BCUT2D eigenvalue weighted by Crippen LogP contribution is -2.67. The average Bonchev–Trinajstić information content (AvgIpc) is 3.88. The maximum Gasteiger partial charge on any atom is 0.250 e. The number of aliphatic hydroxyl groups excluding tert-OH is 8. The minimum atomic E-state index is -2.29. The van der Waals surface area contributed by atoms with E-state index >= 15 is 0 Å². The molecule has 15 atom stereocenters. The summed E-state index contributed by atoms with van der Waals surface area (Å²) in [6.07, 6.45) is 2.35. The Hall–Kier alpha value is -5.53. The first-order chi connectivity index (χ1) is 35.9. The minimum absolute atomic E-state index is 0.0633. The Kier molecular flexibility index (Phi) is 24.7. The summed E-state index contributed by atoms with van der Waals surface area (Å²) in [5.41, 5.74) is -2.35. The Bertz CT molecular complexity index is 2160. The van der Waals surface area contributed by atoms with E-state index in [1.807, 2.05) is 0 Å². The van der Waals surface area contributed by atoms with E-state index in [1.165, 1.54) is 38.3 Å². The number of benzene rings is 1. The monoisotopic (exact) mass is 1070 g/mol. The molecule has 0 aromatic heterocycles. The smallest absolute Gasteiger partial charge is 0.250 e. The predicted molar refractivity (Wildman–Crippen MR) is 276 cm³/mol. The van der Waals surface area contributed by atoms with Crippen LogP contribution in [-0.4, -0.2) is 189 Å². The second-order valence-corrected chi connectivity index (χ2v) is 20.7. The number of carbonyl (C=O) groups is 7. The molecular formula is C53H83N7O16. The SMILES string of the molecule is CCCCCC=CCC=CCCCCCCCC(=O)NC1CC(O)C(O)NC(=O)C2(C)C(O)C(C)CN2C(=O)C(C(C)O)NC(=O)C(C(O)C(O)c2ccc(O)cc2)NC(=O)C2CC(O)CN2C(=O)C(C(C)O)NC1=O. The van der Waals surface area contributed by atoms with Crippen molar-refractivity contribution in [2.45, 2.75) is 209 Å². The number of carbonyl (C=O) groups excluding carboxylic acids is 7. The first-order valence-corrected chi connectivity index (χ1v) is 26.6. The third-order valence-corrected chi connectivity index (χ3v) is 14.4. The predicted octanol–water partition coefficient (Wildman–Crippen LogP) is -0.940. The number of allylic oxidation sites excluding steroid dienone is 4. The molecule has 3 aliphatic rings. The molecule has 76 heavy (non-hydrogen) atoms. The van der Waals surface area contributed by atoms with Crippen LogP contribution in [0.1, 0.15) is 136 Å². The summed E-state index contributed by atoms with van der Waals surface area (Å²) in [5, 5.41) is 111. The molecule has 3 aliphatic heterocycles. The molecule has 15 unspecified atom stereocenters. The van der Waals surface area contributed by atoms with Crippen LogP contribution in [0, 0.1) is 5.92 Å². The molecule has 426 valence electrons. The maximum atomic E-state index is 14.5. The molecule has 0 radical (unpaired) electrons. The maximum absolute atomic E-state index is 14.5. The minimum Gasteiger partial charge on any atom is -0.508 e. The van der Waals surface area contributed by atoms with E-state index < -0.39 is 151 Å². The van der Waals surface area contributed by atoms with Gasteiger partial charge in [0, 0.05) is 38.3 Å². The Labute approximate surface area is 444 Å². The summed E-state index contributed by atoms with van der Waals surface area (Å²) < 4.78 is 0. The molecule has 3 fully saturated rings. The molecule has 3 heterocycles. The van der Waals surface area contributed by atoms with Gasteiger partial charge in [-0.05, 0) is 77.0 Å². The van der Waals surface area contributed by atoms with Crippen LogP contribution < -0.4 is 26.6 Å². The van der Waals surface area contributed by atoms with Crippen molar-refractivity contribution < 1.29 is 79.5 Å². The van der Waals surface area contributed by atoms with Crippen molar-refractivity contribution >= 4 is 41.4 Å². The van der Waals surface area contributed by atoms with Gasteiger partial charge in [-0.15, -0.1) is 0 Å². The summed E-state index contributed by atoms with van der Waals surface area (Å²) in [6, 6.07) is -4.84. The molecular weight excluding hydrogens is 991 g/mol. The number of hydrogen-bond donors (Lipinski definition) is 14. The lowest BCUT2D eigenvalue weighted by atomic mass is 9.89. The van der Waals surface area contributed by atoms with Crippen molar-refractivity contribution in [1.82, 2.24) is 36.4 Å². The number of aliphatic hydroxyl groups is 8. The van der Waals surface area contributed by atoms with Gasteiger partial charge in [-0.3, -0.25) is 33.6 Å². The van der Waals surface area contributed by atoms with E-state index in [9.17, 15) is 79.5 Å². The number of hydrogen-bond acceptors (Lipinski definition) is 16. The second-order valence-electron chi connectivity index (χ2n) is 20.7. The Morgan fingerprint density at radius 1 is 0.724 bits per heavy atom. The van der Waals surface area contributed by atoms with Gasteiger partial charge in [0.2, 0.25) is 41.4 Å². The number of fused-ring (bicyclic) bond motifs is 2. The molecule has 7 amide bonds. The molecule has 23 nitrogen and oxygen atoms in total. The van der Waals surface area contributed by atoms with E-state index in [0.717, 1.165) is 81.2 Å². The Balaban J connectivity index is 1.65. The van der Waals surface area contributed by atoms with Crippen LogP contribution >= 0.6 is 0 Å². The van der Waals surface area contributed by atoms with Gasteiger partial charge in [-0.1, -0.05) is 82.4 Å². The van der Waals surface area contributed by atoms with Crippen LogP contribution in [0.5, 0.6) is 5.75 Å². The molecule has 0 saturated carbocycles. The molecule has 14 N–H and O–H groups in total. The normalized spacial score (nSPS) is 30.2. The fourth-order valence-corrected chi connectivity index (χ4v) is 9.74. The molecule has 0 aliphatic carbocycles. The number of nitrogens with one attached hydrogen (secondary N) is 5. The zero-order valence-corrected chi connectivity index (χ0v) is 44.3. The molecule has 0 bridgehead atoms. The van der Waals surface area contributed by atoms with Gasteiger partial charge in [-0.25, -0.2) is 0 Å². The lowest BCUT2D eigenvalue weighted by molar-refractivity contribution is -0.155. The molecule has 4 rings (SSSR count). The summed E-state index contributed by atoms with van der Waals surface area (Å²) in [4.78, 5) is 101. The largest absolute Gasteiger partial charge is 0.508 e. The number of nitrogens with zero attached hydrogens (tertiary/aromatic N) is 2. The van der Waals surface area contributed by atoms with Crippen molar-refractivity contribution in [2.75, 3.05) is 13.1 Å². The molecule has 1 aromatic carbocycles. The quantitative estimate of drug-likeness (QED) is 0.0554. The van der Waals surface area contributed by atoms with Gasteiger partial charge < -0.3 is 82.3 Å². The van der Waals surface area contributed by atoms with E-state index in [-0.39, 0.29) is 24.3 Å². The average molecular weight is 1070 g/mol. The van der Waals surface area contributed by atoms with E-state index in [0.29, 0.717) is 12.8 Å². The summed E-state index contributed by atoms with van der Waals surface area (Å²) in [6.45, 7) is 6.08. The van der Waals surface area contributed by atoms with Crippen molar-refractivity contribution in [2.24, 2.45) is 5.92 Å². The van der Waals surface area contributed by atoms with E-state index in [1.54, 1.807) is 0 Å². The Morgan fingerprint density at radius 2 is 1.29 bits per heavy atom. The summed E-state index contributed by atoms with van der Waals surface area (Å²) in [7, 11) is 0. The van der Waals surface area contributed by atoms with Crippen LogP contribution in [0.25, 0.3) is 0 Å². The van der Waals surface area contributed by atoms with Crippen molar-refractivity contribution in [3.05, 3.63) is 54.1 Å². The fourth-order valence-electron chi connectivity index (χ4n) is 9.74. The third kappa shape index (κ3) is 17.0. The zero-order chi connectivity index (χ0) is 56.4. The second kappa shape index (κ2) is 29.8.